The van der Waals surface area contributed by atoms with E-state index in [0.717, 1.165) is 50.7 Å². The van der Waals surface area contributed by atoms with Crippen LogP contribution in [0.2, 0.25) is 0 Å². The lowest BCUT2D eigenvalue weighted by atomic mass is 10.0. The molecule has 0 radical (unpaired) electrons. The lowest BCUT2D eigenvalue weighted by Crippen LogP contribution is -2.30. The van der Waals surface area contributed by atoms with Gasteiger partial charge in [-0.1, -0.05) is 103 Å². The number of rotatable bonds is 28. The minimum absolute atomic E-state index is 0.267. The maximum atomic E-state index is 8.87. The molecular weight excluding hydrogens is 508 g/mol. The second-order valence-electron chi connectivity index (χ2n) is 11.0. The van der Waals surface area contributed by atoms with E-state index in [-0.39, 0.29) is 19.3 Å². The van der Waals surface area contributed by atoms with Crippen molar-refractivity contribution in [2.45, 2.75) is 142 Å². The molecule has 2 heterocycles. The van der Waals surface area contributed by atoms with Gasteiger partial charge in [0, 0.05) is 31.8 Å². The third kappa shape index (κ3) is 17.6. The molecule has 2 aromatic heterocycles. The fourth-order valence-electron chi connectivity index (χ4n) is 4.72. The van der Waals surface area contributed by atoms with Crippen LogP contribution in [0.3, 0.4) is 0 Å². The lowest BCUT2D eigenvalue weighted by molar-refractivity contribution is 0.0193. The van der Waals surface area contributed by atoms with Gasteiger partial charge in [-0.3, -0.25) is 0 Å². The van der Waals surface area contributed by atoms with Crippen molar-refractivity contribution in [2.75, 3.05) is 26.4 Å². The summed E-state index contributed by atoms with van der Waals surface area (Å²) in [6.45, 7) is 5.68. The highest BCUT2D eigenvalue weighted by Crippen LogP contribution is 2.18. The minimum Gasteiger partial charge on any atom is -0.471 e. The summed E-state index contributed by atoms with van der Waals surface area (Å²) in [6, 6.07) is 3.63. The molecule has 2 rings (SSSR count). The molecular formula is C32H56N2O6. The van der Waals surface area contributed by atoms with Crippen LogP contribution in [0.25, 0.3) is 0 Å². The highest BCUT2D eigenvalue weighted by Gasteiger charge is 2.16. The average Bonchev–Trinajstić information content (AvgIpc) is 3.59. The molecule has 0 aliphatic rings. The first-order valence-electron chi connectivity index (χ1n) is 16.1. The quantitative estimate of drug-likeness (QED) is 0.103. The maximum absolute atomic E-state index is 8.87. The van der Waals surface area contributed by atoms with Gasteiger partial charge in [0.1, 0.15) is 18.1 Å². The second kappa shape index (κ2) is 23.6. The van der Waals surface area contributed by atoms with Gasteiger partial charge in [-0.2, -0.15) is 0 Å². The van der Waals surface area contributed by atoms with E-state index in [4.69, 9.17) is 28.4 Å². The summed E-state index contributed by atoms with van der Waals surface area (Å²) in [5.41, 5.74) is 0. The Bertz CT molecular complexity index is 824. The van der Waals surface area contributed by atoms with E-state index >= 15 is 0 Å². The van der Waals surface area contributed by atoms with Crippen LogP contribution >= 0.6 is 0 Å². The zero-order valence-corrected chi connectivity index (χ0v) is 25.4. The molecule has 8 heteroatoms. The Kier molecular flexibility index (Phi) is 20.2. The van der Waals surface area contributed by atoms with Gasteiger partial charge in [-0.15, -0.1) is 0 Å². The van der Waals surface area contributed by atoms with Crippen LogP contribution < -0.4 is 9.47 Å². The Morgan fingerprint density at radius 3 is 1.93 bits per heavy atom. The van der Waals surface area contributed by atoms with Crippen LogP contribution in [0, 0.1) is 6.92 Å². The number of aryl methyl sites for hydroxylation is 2. The summed E-state index contributed by atoms with van der Waals surface area (Å²) in [4.78, 5) is 0. The Labute approximate surface area is 242 Å². The summed E-state index contributed by atoms with van der Waals surface area (Å²) >= 11 is 0. The number of hydrogen-bond acceptors (Lipinski definition) is 8. The van der Waals surface area contributed by atoms with Crippen molar-refractivity contribution in [1.82, 2.24) is 10.3 Å². The van der Waals surface area contributed by atoms with Gasteiger partial charge >= 0.3 is 0 Å². The third-order valence-electron chi connectivity index (χ3n) is 7.13. The zero-order valence-electron chi connectivity index (χ0n) is 25.4. The summed E-state index contributed by atoms with van der Waals surface area (Å²) < 4.78 is 28.3. The van der Waals surface area contributed by atoms with E-state index in [9.17, 15) is 0 Å². The van der Waals surface area contributed by atoms with Crippen LogP contribution in [0.5, 0.6) is 11.8 Å². The number of unbranched alkanes of at least 4 members (excludes halogenated alkanes) is 16. The molecule has 1 atom stereocenters. The van der Waals surface area contributed by atoms with Crippen molar-refractivity contribution in [2.24, 2.45) is 0 Å². The van der Waals surface area contributed by atoms with Gasteiger partial charge < -0.3 is 28.4 Å². The normalized spacial score (nSPS) is 12.2. The number of ether oxygens (including phenoxy) is 3. The van der Waals surface area contributed by atoms with Gasteiger partial charge in [0.25, 0.3) is 11.8 Å². The fraction of sp³-hybridized carbons (Fsp3) is 0.812. The van der Waals surface area contributed by atoms with Crippen LogP contribution in [-0.4, -0.2) is 48.0 Å². The first-order chi connectivity index (χ1) is 19.7. The van der Waals surface area contributed by atoms with Gasteiger partial charge in [-0.05, 0) is 36.5 Å². The summed E-state index contributed by atoms with van der Waals surface area (Å²) in [5, 5.41) is 16.9. The van der Waals surface area contributed by atoms with Gasteiger partial charge in [0.2, 0.25) is 0 Å². The van der Waals surface area contributed by atoms with Gasteiger partial charge in [0.05, 0.1) is 6.61 Å². The van der Waals surface area contributed by atoms with Crippen LogP contribution in [0.4, 0.5) is 0 Å². The summed E-state index contributed by atoms with van der Waals surface area (Å²) in [6.07, 6.45) is 23.1. The lowest BCUT2D eigenvalue weighted by Gasteiger charge is -2.17. The third-order valence-corrected chi connectivity index (χ3v) is 7.13. The molecule has 0 unspecified atom stereocenters. The monoisotopic (exact) mass is 564 g/mol. The van der Waals surface area contributed by atoms with Gasteiger partial charge in [0.15, 0.2) is 6.10 Å². The molecule has 0 aliphatic heterocycles. The largest absolute Gasteiger partial charge is 0.471 e. The molecule has 0 spiro atoms. The van der Waals surface area contributed by atoms with Crippen molar-refractivity contribution >= 4 is 0 Å². The molecule has 0 bridgehead atoms. The first-order valence-corrected chi connectivity index (χ1v) is 16.1. The van der Waals surface area contributed by atoms with E-state index in [2.05, 4.69) is 17.2 Å². The topological polar surface area (TPSA) is 100.0 Å². The van der Waals surface area contributed by atoms with Crippen LogP contribution in [0.15, 0.2) is 21.2 Å². The van der Waals surface area contributed by atoms with Crippen LogP contribution in [-0.2, 0) is 11.2 Å². The molecule has 0 saturated carbocycles. The van der Waals surface area contributed by atoms with E-state index < -0.39 is 0 Å². The molecule has 0 saturated heterocycles. The van der Waals surface area contributed by atoms with E-state index in [1.165, 1.54) is 77.0 Å². The van der Waals surface area contributed by atoms with Crippen molar-refractivity contribution < 1.29 is 28.4 Å². The van der Waals surface area contributed by atoms with Crippen molar-refractivity contribution in [3.8, 4) is 11.8 Å². The standard InChI is InChI=1S/C32H56N2O6/c1-3-4-5-6-7-8-9-10-11-12-13-15-18-21-29-25-31(33-40-29)37-27-30(38-32-24-28(2)39-34-32)26-36-23-20-17-14-16-19-22-35/h24-25,30,35H,3-23,26-27H2,1-2H3/t30-/m0/s1. The first kappa shape index (κ1) is 34.1. The number of aromatic nitrogens is 2. The zero-order chi connectivity index (χ0) is 28.5. The van der Waals surface area contributed by atoms with Crippen molar-refractivity contribution in [3.63, 3.8) is 0 Å². The predicted octanol–water partition coefficient (Wildman–Crippen LogP) is 8.39. The number of aliphatic hydroxyl groups is 1. The smallest absolute Gasteiger partial charge is 0.254 e. The Morgan fingerprint density at radius 1 is 0.700 bits per heavy atom. The Balaban J connectivity index is 1.56. The van der Waals surface area contributed by atoms with E-state index in [1.54, 1.807) is 6.07 Å². The second-order valence-corrected chi connectivity index (χ2v) is 11.0. The summed E-state index contributed by atoms with van der Waals surface area (Å²) in [7, 11) is 0. The molecule has 1 N–H and O–H groups in total. The van der Waals surface area contributed by atoms with Crippen molar-refractivity contribution in [1.29, 1.82) is 0 Å². The molecule has 0 amide bonds. The highest BCUT2D eigenvalue weighted by atomic mass is 16.6. The Hall–Kier alpha value is -2.06. The maximum Gasteiger partial charge on any atom is 0.254 e. The van der Waals surface area contributed by atoms with Gasteiger partial charge in [-0.25, -0.2) is 0 Å². The number of aliphatic hydroxyl groups excluding tert-OH is 1. The predicted molar refractivity (Wildman–Crippen MR) is 158 cm³/mol. The minimum atomic E-state index is -0.347. The Morgan fingerprint density at radius 2 is 1.30 bits per heavy atom. The average molecular weight is 565 g/mol. The number of hydrogen-bond donors (Lipinski definition) is 1. The molecule has 0 aliphatic carbocycles. The molecule has 8 nitrogen and oxygen atoms in total. The summed E-state index contributed by atoms with van der Waals surface area (Å²) in [5.74, 6) is 2.44. The SMILES string of the molecule is CCCCCCCCCCCCCCCc1cc(OC[C@H](COCCCCCCCO)Oc2cc(C)on2)no1. The van der Waals surface area contributed by atoms with E-state index in [0.29, 0.717) is 30.7 Å². The molecule has 2 aromatic rings. The molecule has 0 aromatic carbocycles. The number of nitrogens with zero attached hydrogens (tertiary/aromatic N) is 2. The molecule has 230 valence electrons. The van der Waals surface area contributed by atoms with Crippen molar-refractivity contribution in [3.05, 3.63) is 23.7 Å². The van der Waals surface area contributed by atoms with E-state index in [1.807, 2.05) is 13.0 Å². The molecule has 40 heavy (non-hydrogen) atoms. The highest BCUT2D eigenvalue weighted by molar-refractivity contribution is 5.12. The van der Waals surface area contributed by atoms with Crippen LogP contribution in [0.1, 0.15) is 134 Å². The molecule has 0 fully saturated rings. The fourth-order valence-corrected chi connectivity index (χ4v) is 4.72.